The lowest BCUT2D eigenvalue weighted by Crippen LogP contribution is -2.42. The summed E-state index contributed by atoms with van der Waals surface area (Å²) in [6.45, 7) is 6.93. The highest BCUT2D eigenvalue weighted by Crippen LogP contribution is 2.17. The fourth-order valence-electron chi connectivity index (χ4n) is 3.04. The largest absolute Gasteiger partial charge is 0.378 e. The Balaban J connectivity index is 1.75. The summed E-state index contributed by atoms with van der Waals surface area (Å²) in [4.78, 5) is 31.0. The van der Waals surface area contributed by atoms with Crippen molar-refractivity contribution in [2.24, 2.45) is 5.92 Å². The number of hydrogen-bond acceptors (Lipinski definition) is 4. The van der Waals surface area contributed by atoms with Crippen LogP contribution in [0.4, 0.5) is 0 Å². The molecule has 1 aromatic heterocycles. The summed E-state index contributed by atoms with van der Waals surface area (Å²) in [5, 5.41) is 2.91. The van der Waals surface area contributed by atoms with E-state index in [0.29, 0.717) is 39.3 Å². The van der Waals surface area contributed by atoms with Gasteiger partial charge in [0, 0.05) is 32.0 Å². The average molecular weight is 358 g/mol. The highest BCUT2D eigenvalue weighted by Gasteiger charge is 2.20. The van der Waals surface area contributed by atoms with E-state index in [-0.39, 0.29) is 24.3 Å². The lowest BCUT2D eigenvalue weighted by molar-refractivity contribution is -0.135. The molecular weight excluding hydrogens is 332 g/mol. The van der Waals surface area contributed by atoms with Gasteiger partial charge < -0.3 is 19.5 Å². The van der Waals surface area contributed by atoms with E-state index in [9.17, 15) is 9.59 Å². The third kappa shape index (κ3) is 4.22. The van der Waals surface area contributed by atoms with Crippen molar-refractivity contribution in [1.29, 1.82) is 0 Å². The number of morpholine rings is 1. The third-order valence-corrected chi connectivity index (χ3v) is 4.56. The number of hydrogen-bond donors (Lipinski definition) is 1. The molecule has 2 amide bonds. The zero-order valence-corrected chi connectivity index (χ0v) is 15.4. The Kier molecular flexibility index (Phi) is 5.88. The number of carbonyl (C=O) groups excluding carboxylic acids is 2. The topological polar surface area (TPSA) is 76.5 Å². The highest BCUT2D eigenvalue weighted by molar-refractivity contribution is 5.81. The van der Waals surface area contributed by atoms with Gasteiger partial charge in [0.15, 0.2) is 0 Å². The molecule has 0 aliphatic carbocycles. The maximum absolute atomic E-state index is 12.7. The van der Waals surface area contributed by atoms with Crippen molar-refractivity contribution in [3.05, 3.63) is 30.1 Å². The number of nitrogens with zero attached hydrogens (tertiary/aromatic N) is 3. The first-order chi connectivity index (χ1) is 12.6. The fraction of sp³-hybridized carbons (Fsp3) is 0.526. The van der Waals surface area contributed by atoms with Crippen LogP contribution in [-0.4, -0.2) is 59.1 Å². The molecule has 7 nitrogen and oxygen atoms in total. The minimum absolute atomic E-state index is 0.0251. The van der Waals surface area contributed by atoms with Crippen molar-refractivity contribution in [2.75, 3.05) is 32.8 Å². The number of para-hydroxylation sites is 2. The molecule has 26 heavy (non-hydrogen) atoms. The summed E-state index contributed by atoms with van der Waals surface area (Å²) in [7, 11) is 0. The van der Waals surface area contributed by atoms with Crippen LogP contribution in [0.1, 0.15) is 19.7 Å². The number of carbonyl (C=O) groups is 2. The number of imidazole rings is 1. The van der Waals surface area contributed by atoms with Crippen LogP contribution in [0.25, 0.3) is 11.0 Å². The van der Waals surface area contributed by atoms with Crippen molar-refractivity contribution >= 4 is 22.8 Å². The minimum atomic E-state index is -0.0447. The van der Waals surface area contributed by atoms with Crippen LogP contribution in [0.15, 0.2) is 24.3 Å². The molecule has 0 saturated carbocycles. The number of aromatic nitrogens is 2. The Morgan fingerprint density at radius 3 is 2.69 bits per heavy atom. The van der Waals surface area contributed by atoms with Crippen LogP contribution >= 0.6 is 0 Å². The number of rotatable bonds is 6. The molecule has 1 N–H and O–H groups in total. The number of nitrogens with one attached hydrogen (secondary N) is 1. The molecule has 2 heterocycles. The lowest BCUT2D eigenvalue weighted by Gasteiger charge is -2.27. The second-order valence-electron chi connectivity index (χ2n) is 6.79. The van der Waals surface area contributed by atoms with Crippen LogP contribution in [-0.2, 0) is 27.3 Å². The Hall–Kier alpha value is -2.41. The molecule has 0 bridgehead atoms. The first-order valence-corrected chi connectivity index (χ1v) is 9.13. The van der Waals surface area contributed by atoms with E-state index in [1.807, 2.05) is 47.6 Å². The number of ether oxygens (including phenoxy) is 1. The second kappa shape index (κ2) is 8.31. The standard InChI is InChI=1S/C19H26N4O3/c1-14(2)19(25)20-8-7-17-21-15-5-3-4-6-16(15)23(17)13-18(24)22-9-11-26-12-10-22/h3-6,14H,7-13H2,1-2H3,(H,20,25). The van der Waals surface area contributed by atoms with Crippen molar-refractivity contribution < 1.29 is 14.3 Å². The summed E-state index contributed by atoms with van der Waals surface area (Å²) in [5.41, 5.74) is 1.81. The molecule has 1 aliphatic rings. The van der Waals surface area contributed by atoms with E-state index in [1.165, 1.54) is 0 Å². The predicted octanol–water partition coefficient (Wildman–Crippen LogP) is 1.21. The molecular formula is C19H26N4O3. The smallest absolute Gasteiger partial charge is 0.242 e. The molecule has 0 atom stereocenters. The van der Waals surface area contributed by atoms with Crippen LogP contribution in [0, 0.1) is 5.92 Å². The maximum Gasteiger partial charge on any atom is 0.242 e. The van der Waals surface area contributed by atoms with Gasteiger partial charge in [-0.1, -0.05) is 26.0 Å². The molecule has 140 valence electrons. The van der Waals surface area contributed by atoms with Crippen molar-refractivity contribution in [2.45, 2.75) is 26.8 Å². The minimum Gasteiger partial charge on any atom is -0.378 e. The van der Waals surface area contributed by atoms with Crippen molar-refractivity contribution in [3.8, 4) is 0 Å². The molecule has 2 aromatic rings. The van der Waals surface area contributed by atoms with Gasteiger partial charge in [-0.2, -0.15) is 0 Å². The molecule has 0 unspecified atom stereocenters. The third-order valence-electron chi connectivity index (χ3n) is 4.56. The zero-order valence-electron chi connectivity index (χ0n) is 15.4. The molecule has 7 heteroatoms. The van der Waals surface area contributed by atoms with E-state index >= 15 is 0 Å². The van der Waals surface area contributed by atoms with Crippen molar-refractivity contribution in [3.63, 3.8) is 0 Å². The second-order valence-corrected chi connectivity index (χ2v) is 6.79. The Morgan fingerprint density at radius 1 is 1.23 bits per heavy atom. The Bertz CT molecular complexity index is 778. The van der Waals surface area contributed by atoms with Crippen LogP contribution in [0.3, 0.4) is 0 Å². The fourth-order valence-corrected chi connectivity index (χ4v) is 3.04. The quantitative estimate of drug-likeness (QED) is 0.842. The predicted molar refractivity (Wildman–Crippen MR) is 98.7 cm³/mol. The van der Waals surface area contributed by atoms with E-state index in [4.69, 9.17) is 4.74 Å². The van der Waals surface area contributed by atoms with Gasteiger partial charge in [-0.25, -0.2) is 4.98 Å². The first-order valence-electron chi connectivity index (χ1n) is 9.13. The monoisotopic (exact) mass is 358 g/mol. The normalized spacial score (nSPS) is 14.8. The summed E-state index contributed by atoms with van der Waals surface area (Å²) in [6, 6.07) is 7.81. The van der Waals surface area contributed by atoms with Gasteiger partial charge in [0.05, 0.1) is 24.2 Å². The summed E-state index contributed by atoms with van der Waals surface area (Å²) in [5.74, 6) is 0.870. The Morgan fingerprint density at radius 2 is 1.96 bits per heavy atom. The van der Waals surface area contributed by atoms with Crippen LogP contribution < -0.4 is 5.32 Å². The summed E-state index contributed by atoms with van der Waals surface area (Å²) >= 11 is 0. The Labute approximate surface area is 153 Å². The molecule has 3 rings (SSSR count). The molecule has 1 saturated heterocycles. The highest BCUT2D eigenvalue weighted by atomic mass is 16.5. The van der Waals surface area contributed by atoms with E-state index in [0.717, 1.165) is 16.9 Å². The van der Waals surface area contributed by atoms with Crippen LogP contribution in [0.5, 0.6) is 0 Å². The maximum atomic E-state index is 12.7. The van der Waals surface area contributed by atoms with E-state index in [1.54, 1.807) is 0 Å². The summed E-state index contributed by atoms with van der Waals surface area (Å²) < 4.78 is 7.29. The summed E-state index contributed by atoms with van der Waals surface area (Å²) in [6.07, 6.45) is 0.587. The molecule has 0 radical (unpaired) electrons. The number of fused-ring (bicyclic) bond motifs is 1. The van der Waals surface area contributed by atoms with E-state index in [2.05, 4.69) is 10.3 Å². The van der Waals surface area contributed by atoms with Gasteiger partial charge >= 0.3 is 0 Å². The van der Waals surface area contributed by atoms with Crippen LogP contribution in [0.2, 0.25) is 0 Å². The van der Waals surface area contributed by atoms with Gasteiger partial charge in [-0.15, -0.1) is 0 Å². The van der Waals surface area contributed by atoms with Gasteiger partial charge in [0.2, 0.25) is 11.8 Å². The lowest BCUT2D eigenvalue weighted by atomic mass is 10.2. The van der Waals surface area contributed by atoms with Gasteiger partial charge in [0.25, 0.3) is 0 Å². The molecule has 1 aromatic carbocycles. The SMILES string of the molecule is CC(C)C(=O)NCCc1nc2ccccc2n1CC(=O)N1CCOCC1. The van der Waals surface area contributed by atoms with Gasteiger partial charge in [-0.05, 0) is 12.1 Å². The van der Waals surface area contributed by atoms with E-state index < -0.39 is 0 Å². The first kappa shape index (κ1) is 18.4. The molecule has 0 spiro atoms. The number of amides is 2. The molecule has 1 fully saturated rings. The van der Waals surface area contributed by atoms with Gasteiger partial charge in [-0.3, -0.25) is 9.59 Å². The average Bonchev–Trinajstić information content (AvgIpc) is 3.00. The zero-order chi connectivity index (χ0) is 18.5. The number of benzene rings is 1. The molecule has 1 aliphatic heterocycles. The van der Waals surface area contributed by atoms with Crippen molar-refractivity contribution in [1.82, 2.24) is 19.8 Å². The van der Waals surface area contributed by atoms with Gasteiger partial charge in [0.1, 0.15) is 12.4 Å².